The molecule has 0 aliphatic carbocycles. The van der Waals surface area contributed by atoms with E-state index in [2.05, 4.69) is 20.6 Å². The fourth-order valence-electron chi connectivity index (χ4n) is 3.27. The number of nitrogens with zero attached hydrogens (tertiary/aromatic N) is 4. The first kappa shape index (κ1) is 16.1. The van der Waals surface area contributed by atoms with Crippen LogP contribution in [0.25, 0.3) is 22.3 Å². The molecule has 1 aliphatic rings. The maximum absolute atomic E-state index is 14.4. The van der Waals surface area contributed by atoms with Gasteiger partial charge in [0.25, 0.3) is 0 Å². The van der Waals surface area contributed by atoms with Crippen molar-refractivity contribution in [2.45, 2.75) is 12.5 Å². The number of benzene rings is 2. The Balaban J connectivity index is 1.50. The van der Waals surface area contributed by atoms with Gasteiger partial charge in [0, 0.05) is 24.6 Å². The molecular weight excluding hydrogens is 352 g/mol. The average molecular weight is 367 g/mol. The Hall–Kier alpha value is -3.13. The van der Waals surface area contributed by atoms with Gasteiger partial charge in [-0.1, -0.05) is 11.2 Å². The zero-order chi connectivity index (χ0) is 18.4. The maximum atomic E-state index is 14.4. The Morgan fingerprint density at radius 2 is 1.93 bits per heavy atom. The molecule has 5 rings (SSSR count). The monoisotopic (exact) mass is 367 g/mol. The summed E-state index contributed by atoms with van der Waals surface area (Å²) in [6, 6.07) is 10.8. The van der Waals surface area contributed by atoms with E-state index in [0.29, 0.717) is 28.2 Å². The minimum Gasteiger partial charge on any atom is -0.337 e. The van der Waals surface area contributed by atoms with Crippen LogP contribution in [0.15, 0.2) is 47.0 Å². The summed E-state index contributed by atoms with van der Waals surface area (Å²) in [5.74, 6) is 0.309. The van der Waals surface area contributed by atoms with Gasteiger partial charge in [-0.2, -0.15) is 10.1 Å². The van der Waals surface area contributed by atoms with Crippen molar-refractivity contribution in [3.63, 3.8) is 0 Å². The zero-order valence-corrected chi connectivity index (χ0v) is 14.2. The number of hydrogen-bond acceptors (Lipinski definition) is 5. The Labute approximate surface area is 152 Å². The summed E-state index contributed by atoms with van der Waals surface area (Å²) in [5.41, 5.74) is 2.10. The van der Waals surface area contributed by atoms with E-state index >= 15 is 0 Å². The van der Waals surface area contributed by atoms with Crippen molar-refractivity contribution < 1.29 is 13.3 Å². The van der Waals surface area contributed by atoms with Crippen LogP contribution in [0.1, 0.15) is 17.5 Å². The smallest absolute Gasteiger partial charge is 0.248 e. The summed E-state index contributed by atoms with van der Waals surface area (Å²) < 4.78 is 34.5. The van der Waals surface area contributed by atoms with Gasteiger partial charge in [0.15, 0.2) is 0 Å². The van der Waals surface area contributed by atoms with Gasteiger partial charge in [-0.05, 0) is 36.4 Å². The maximum Gasteiger partial charge on any atom is 0.248 e. The quantitative estimate of drug-likeness (QED) is 0.600. The van der Waals surface area contributed by atoms with Crippen molar-refractivity contribution in [3.8, 4) is 11.4 Å². The molecule has 1 N–H and O–H groups in total. The number of hydrogen-bond donors (Lipinski definition) is 1. The predicted molar refractivity (Wildman–Crippen MR) is 94.1 cm³/mol. The molecule has 0 saturated carbocycles. The van der Waals surface area contributed by atoms with Crippen LogP contribution in [0, 0.1) is 11.6 Å². The van der Waals surface area contributed by atoms with E-state index in [1.807, 2.05) is 6.07 Å². The molecule has 0 bridgehead atoms. The van der Waals surface area contributed by atoms with Gasteiger partial charge in [0.2, 0.25) is 11.7 Å². The first-order chi connectivity index (χ1) is 13.2. The molecule has 0 atom stereocenters. The molecule has 0 radical (unpaired) electrons. The second-order valence-electron chi connectivity index (χ2n) is 6.55. The lowest BCUT2D eigenvalue weighted by Crippen LogP contribution is -2.40. The van der Waals surface area contributed by atoms with Gasteiger partial charge in [0.1, 0.15) is 18.2 Å². The molecule has 1 fully saturated rings. The molecule has 0 unspecified atom stereocenters. The Kier molecular flexibility index (Phi) is 3.71. The van der Waals surface area contributed by atoms with E-state index in [1.165, 1.54) is 18.2 Å². The van der Waals surface area contributed by atoms with E-state index in [0.717, 1.165) is 18.8 Å². The van der Waals surface area contributed by atoms with Gasteiger partial charge >= 0.3 is 0 Å². The third-order valence-electron chi connectivity index (χ3n) is 4.78. The SMILES string of the molecule is Fc1ccc(-c2noc(Cn3nc(C4CNC4)c4c(F)cccc43)n2)cc1. The van der Waals surface area contributed by atoms with Crippen molar-refractivity contribution in [1.82, 2.24) is 25.2 Å². The largest absolute Gasteiger partial charge is 0.337 e. The predicted octanol–water partition coefficient (Wildman–Crippen LogP) is 3.10. The molecule has 4 aromatic rings. The summed E-state index contributed by atoms with van der Waals surface area (Å²) in [7, 11) is 0. The molecule has 3 heterocycles. The number of halogens is 2. The van der Waals surface area contributed by atoms with Crippen LogP contribution in [-0.2, 0) is 6.54 Å². The summed E-state index contributed by atoms with van der Waals surface area (Å²) in [5, 5.41) is 12.3. The molecular formula is C19H15F2N5O. The highest BCUT2D eigenvalue weighted by atomic mass is 19.1. The standard InChI is InChI=1S/C19H15F2N5O/c20-13-6-4-11(5-7-13)19-23-16(27-25-19)10-26-15-3-1-2-14(21)17(15)18(24-26)12-8-22-9-12/h1-7,12,22H,8-10H2. The second-order valence-corrected chi connectivity index (χ2v) is 6.55. The third kappa shape index (κ3) is 2.78. The topological polar surface area (TPSA) is 68.8 Å². The molecule has 1 saturated heterocycles. The third-order valence-corrected chi connectivity index (χ3v) is 4.78. The van der Waals surface area contributed by atoms with Gasteiger partial charge in [-0.15, -0.1) is 0 Å². The van der Waals surface area contributed by atoms with Crippen LogP contribution < -0.4 is 5.32 Å². The lowest BCUT2D eigenvalue weighted by Gasteiger charge is -2.25. The van der Waals surface area contributed by atoms with Gasteiger partial charge in [0.05, 0.1) is 16.6 Å². The van der Waals surface area contributed by atoms with E-state index in [1.54, 1.807) is 22.9 Å². The van der Waals surface area contributed by atoms with Crippen LogP contribution in [0.2, 0.25) is 0 Å². The van der Waals surface area contributed by atoms with Crippen molar-refractivity contribution in [1.29, 1.82) is 0 Å². The van der Waals surface area contributed by atoms with Crippen molar-refractivity contribution in [2.75, 3.05) is 13.1 Å². The van der Waals surface area contributed by atoms with Crippen LogP contribution in [0.3, 0.4) is 0 Å². The van der Waals surface area contributed by atoms with Crippen LogP contribution in [-0.4, -0.2) is 33.0 Å². The van der Waals surface area contributed by atoms with Crippen molar-refractivity contribution in [2.24, 2.45) is 0 Å². The lowest BCUT2D eigenvalue weighted by atomic mass is 9.96. The first-order valence-corrected chi connectivity index (χ1v) is 8.63. The van der Waals surface area contributed by atoms with Gasteiger partial charge < -0.3 is 9.84 Å². The molecule has 8 heteroatoms. The number of aromatic nitrogens is 4. The minimum atomic E-state index is -0.328. The fraction of sp³-hybridized carbons (Fsp3) is 0.211. The first-order valence-electron chi connectivity index (χ1n) is 8.63. The van der Waals surface area contributed by atoms with E-state index < -0.39 is 0 Å². The van der Waals surface area contributed by atoms with Crippen LogP contribution >= 0.6 is 0 Å². The molecule has 136 valence electrons. The fourth-order valence-corrected chi connectivity index (χ4v) is 3.27. The van der Waals surface area contributed by atoms with E-state index in [-0.39, 0.29) is 24.1 Å². The molecule has 27 heavy (non-hydrogen) atoms. The molecule has 2 aromatic heterocycles. The summed E-state index contributed by atoms with van der Waals surface area (Å²) in [6.07, 6.45) is 0. The molecule has 1 aliphatic heterocycles. The minimum absolute atomic E-state index is 0.197. The highest BCUT2D eigenvalue weighted by Crippen LogP contribution is 2.30. The summed E-state index contributed by atoms with van der Waals surface area (Å²) in [6.45, 7) is 1.81. The zero-order valence-electron chi connectivity index (χ0n) is 14.2. The van der Waals surface area contributed by atoms with Crippen LogP contribution in [0.4, 0.5) is 8.78 Å². The van der Waals surface area contributed by atoms with E-state index in [4.69, 9.17) is 4.52 Å². The summed E-state index contributed by atoms with van der Waals surface area (Å²) >= 11 is 0. The number of rotatable bonds is 4. The van der Waals surface area contributed by atoms with Gasteiger partial charge in [-0.3, -0.25) is 4.68 Å². The lowest BCUT2D eigenvalue weighted by molar-refractivity contribution is 0.366. The number of fused-ring (bicyclic) bond motifs is 1. The van der Waals surface area contributed by atoms with Gasteiger partial charge in [-0.25, -0.2) is 8.78 Å². The number of nitrogens with one attached hydrogen (secondary N) is 1. The summed E-state index contributed by atoms with van der Waals surface area (Å²) in [4.78, 5) is 4.36. The van der Waals surface area contributed by atoms with Crippen molar-refractivity contribution in [3.05, 3.63) is 65.7 Å². The van der Waals surface area contributed by atoms with E-state index in [9.17, 15) is 8.78 Å². The Bertz CT molecular complexity index is 1120. The molecule has 0 amide bonds. The molecule has 0 spiro atoms. The Morgan fingerprint density at radius 1 is 1.11 bits per heavy atom. The average Bonchev–Trinajstić information content (AvgIpc) is 3.21. The van der Waals surface area contributed by atoms with Crippen molar-refractivity contribution >= 4 is 10.9 Å². The highest BCUT2D eigenvalue weighted by molar-refractivity contribution is 5.83. The Morgan fingerprint density at radius 3 is 2.67 bits per heavy atom. The molecule has 6 nitrogen and oxygen atoms in total. The van der Waals surface area contributed by atoms with Crippen LogP contribution in [0.5, 0.6) is 0 Å². The molecule has 2 aromatic carbocycles. The normalized spacial score (nSPS) is 14.6. The highest BCUT2D eigenvalue weighted by Gasteiger charge is 2.27. The second kappa shape index (κ2) is 6.24.